The highest BCUT2D eigenvalue weighted by atomic mass is 35.5. The van der Waals surface area contributed by atoms with Gasteiger partial charge in [0, 0.05) is 14.1 Å². The van der Waals surface area contributed by atoms with E-state index < -0.39 is 0 Å². The summed E-state index contributed by atoms with van der Waals surface area (Å²) in [7, 11) is 3.74. The van der Waals surface area contributed by atoms with Crippen molar-refractivity contribution in [3.63, 3.8) is 0 Å². The molecule has 7 heteroatoms. The van der Waals surface area contributed by atoms with Crippen LogP contribution in [0, 0.1) is 0 Å². The molecule has 3 unspecified atom stereocenters. The lowest BCUT2D eigenvalue weighted by Crippen LogP contribution is -2.31. The van der Waals surface area contributed by atoms with Crippen molar-refractivity contribution in [2.75, 3.05) is 24.3 Å². The summed E-state index contributed by atoms with van der Waals surface area (Å²) < 4.78 is 5.79. The molecule has 0 saturated carbocycles. The van der Waals surface area contributed by atoms with Crippen LogP contribution in [-0.2, 0) is 4.74 Å². The van der Waals surface area contributed by atoms with Crippen molar-refractivity contribution in [3.8, 4) is 0 Å². The van der Waals surface area contributed by atoms with E-state index in [0.29, 0.717) is 18.0 Å². The minimum absolute atomic E-state index is 0.209. The predicted octanol–water partition coefficient (Wildman–Crippen LogP) is 1.32. The van der Waals surface area contributed by atoms with Gasteiger partial charge >= 0.3 is 0 Å². The van der Waals surface area contributed by atoms with E-state index in [1.54, 1.807) is 4.90 Å². The minimum atomic E-state index is 0.209. The first-order valence-electron chi connectivity index (χ1n) is 6.13. The lowest BCUT2D eigenvalue weighted by Gasteiger charge is -2.20. The molecule has 0 aliphatic carbocycles. The van der Waals surface area contributed by atoms with E-state index in [-0.39, 0.29) is 17.4 Å². The summed E-state index contributed by atoms with van der Waals surface area (Å²) in [5.41, 5.74) is 0. The van der Waals surface area contributed by atoms with E-state index in [9.17, 15) is 0 Å². The molecular weight excluding hydrogens is 254 g/mol. The molecule has 2 bridgehead atoms. The summed E-state index contributed by atoms with van der Waals surface area (Å²) in [6.07, 6.45) is 3.99. The second kappa shape index (κ2) is 4.51. The quantitative estimate of drug-likeness (QED) is 0.893. The number of halogens is 1. The highest BCUT2D eigenvalue weighted by molar-refractivity contribution is 6.28. The van der Waals surface area contributed by atoms with E-state index in [2.05, 4.69) is 20.3 Å². The lowest BCUT2D eigenvalue weighted by molar-refractivity contribution is 0.102. The van der Waals surface area contributed by atoms with Crippen LogP contribution in [0.5, 0.6) is 0 Å². The maximum Gasteiger partial charge on any atom is 0.230 e. The van der Waals surface area contributed by atoms with Crippen LogP contribution in [0.3, 0.4) is 0 Å². The number of hydrogen-bond acceptors (Lipinski definition) is 6. The van der Waals surface area contributed by atoms with E-state index in [1.807, 2.05) is 14.1 Å². The van der Waals surface area contributed by atoms with Crippen molar-refractivity contribution in [3.05, 3.63) is 5.28 Å². The van der Waals surface area contributed by atoms with E-state index in [0.717, 1.165) is 12.8 Å². The summed E-state index contributed by atoms with van der Waals surface area (Å²) >= 11 is 5.90. The third-order valence-corrected chi connectivity index (χ3v) is 3.59. The van der Waals surface area contributed by atoms with Gasteiger partial charge in [-0.15, -0.1) is 0 Å². The Morgan fingerprint density at radius 2 is 2.11 bits per heavy atom. The minimum Gasteiger partial charge on any atom is -0.373 e. The van der Waals surface area contributed by atoms with Gasteiger partial charge in [-0.3, -0.25) is 0 Å². The van der Waals surface area contributed by atoms with E-state index in [1.165, 1.54) is 6.42 Å². The third kappa shape index (κ3) is 2.22. The van der Waals surface area contributed by atoms with Crippen LogP contribution < -0.4 is 10.2 Å². The lowest BCUT2D eigenvalue weighted by atomic mass is 9.96. The summed E-state index contributed by atoms with van der Waals surface area (Å²) in [5.74, 6) is 1.08. The van der Waals surface area contributed by atoms with Gasteiger partial charge in [0.2, 0.25) is 17.2 Å². The molecular formula is C11H16ClN5O. The van der Waals surface area contributed by atoms with Gasteiger partial charge in [-0.05, 0) is 30.9 Å². The van der Waals surface area contributed by atoms with Gasteiger partial charge in [-0.2, -0.15) is 15.0 Å². The zero-order valence-corrected chi connectivity index (χ0v) is 11.2. The predicted molar refractivity (Wildman–Crippen MR) is 69.1 cm³/mol. The number of rotatable bonds is 3. The van der Waals surface area contributed by atoms with Gasteiger partial charge in [0.25, 0.3) is 0 Å². The Hall–Kier alpha value is -1.14. The van der Waals surface area contributed by atoms with Gasteiger partial charge < -0.3 is 15.0 Å². The van der Waals surface area contributed by atoms with Gasteiger partial charge in [0.15, 0.2) is 0 Å². The summed E-state index contributed by atoms with van der Waals surface area (Å²) in [5, 5.41) is 3.52. The molecule has 0 aromatic carbocycles. The number of ether oxygens (including phenoxy) is 1. The smallest absolute Gasteiger partial charge is 0.230 e. The fourth-order valence-electron chi connectivity index (χ4n) is 2.56. The Kier molecular flexibility index (Phi) is 2.99. The van der Waals surface area contributed by atoms with Crippen molar-refractivity contribution >= 4 is 23.5 Å². The van der Waals surface area contributed by atoms with Crippen molar-refractivity contribution in [2.45, 2.75) is 37.5 Å². The topological polar surface area (TPSA) is 63.2 Å². The number of nitrogens with zero attached hydrogens (tertiary/aromatic N) is 4. The van der Waals surface area contributed by atoms with Crippen molar-refractivity contribution < 1.29 is 4.74 Å². The molecule has 3 heterocycles. The van der Waals surface area contributed by atoms with Gasteiger partial charge in [-0.1, -0.05) is 0 Å². The van der Waals surface area contributed by atoms with Crippen LogP contribution in [0.4, 0.5) is 11.9 Å². The molecule has 2 saturated heterocycles. The van der Waals surface area contributed by atoms with E-state index >= 15 is 0 Å². The Morgan fingerprint density at radius 3 is 2.72 bits per heavy atom. The normalized spacial score (nSPS) is 29.6. The second-order valence-corrected chi connectivity index (χ2v) is 5.32. The first-order valence-corrected chi connectivity index (χ1v) is 6.50. The summed E-state index contributed by atoms with van der Waals surface area (Å²) in [6, 6.07) is 0.289. The average molecular weight is 270 g/mol. The molecule has 98 valence electrons. The molecule has 18 heavy (non-hydrogen) atoms. The van der Waals surface area contributed by atoms with Gasteiger partial charge in [-0.25, -0.2) is 0 Å². The molecule has 2 fully saturated rings. The van der Waals surface area contributed by atoms with Crippen LogP contribution in [-0.4, -0.2) is 47.3 Å². The number of fused-ring (bicyclic) bond motifs is 2. The van der Waals surface area contributed by atoms with Crippen LogP contribution in [0.25, 0.3) is 0 Å². The number of aromatic nitrogens is 3. The maximum atomic E-state index is 5.90. The first-order chi connectivity index (χ1) is 8.61. The highest BCUT2D eigenvalue weighted by Gasteiger charge is 2.41. The SMILES string of the molecule is CN(C)c1nc(Cl)nc(NC2CC3CCC2O3)n1. The van der Waals surface area contributed by atoms with Crippen LogP contribution in [0.15, 0.2) is 0 Å². The Balaban J connectivity index is 1.76. The summed E-state index contributed by atoms with van der Waals surface area (Å²) in [6.45, 7) is 0. The molecule has 1 aromatic heterocycles. The molecule has 3 atom stereocenters. The average Bonchev–Trinajstić information content (AvgIpc) is 2.90. The standard InChI is InChI=1S/C11H16ClN5O/c1-17(2)11-15-9(12)14-10(16-11)13-7-5-6-3-4-8(7)18-6/h6-8H,3-5H2,1-2H3,(H,13,14,15,16). The zero-order valence-electron chi connectivity index (χ0n) is 10.4. The Morgan fingerprint density at radius 1 is 1.28 bits per heavy atom. The molecule has 6 nitrogen and oxygen atoms in total. The highest BCUT2D eigenvalue weighted by Crippen LogP contribution is 2.35. The van der Waals surface area contributed by atoms with Crippen molar-refractivity contribution in [1.82, 2.24) is 15.0 Å². The molecule has 3 rings (SSSR count). The van der Waals surface area contributed by atoms with Crippen molar-refractivity contribution in [1.29, 1.82) is 0 Å². The van der Waals surface area contributed by atoms with E-state index in [4.69, 9.17) is 16.3 Å². The monoisotopic (exact) mass is 269 g/mol. The third-order valence-electron chi connectivity index (χ3n) is 3.42. The molecule has 1 N–H and O–H groups in total. The Labute approximate surface area is 111 Å². The fraction of sp³-hybridized carbons (Fsp3) is 0.727. The Bertz CT molecular complexity index is 455. The zero-order chi connectivity index (χ0) is 12.7. The van der Waals surface area contributed by atoms with Gasteiger partial charge in [0.1, 0.15) is 0 Å². The summed E-state index contributed by atoms with van der Waals surface area (Å²) in [4.78, 5) is 14.3. The van der Waals surface area contributed by atoms with Crippen LogP contribution in [0.2, 0.25) is 5.28 Å². The van der Waals surface area contributed by atoms with Crippen molar-refractivity contribution in [2.24, 2.45) is 0 Å². The molecule has 0 amide bonds. The number of anilines is 2. The molecule has 1 aromatic rings. The molecule has 2 aliphatic rings. The maximum absolute atomic E-state index is 5.90. The number of nitrogens with one attached hydrogen (secondary N) is 1. The molecule has 0 radical (unpaired) electrons. The van der Waals surface area contributed by atoms with Crippen LogP contribution >= 0.6 is 11.6 Å². The second-order valence-electron chi connectivity index (χ2n) is 4.98. The van der Waals surface area contributed by atoms with Crippen LogP contribution in [0.1, 0.15) is 19.3 Å². The first kappa shape index (κ1) is 11.9. The van der Waals surface area contributed by atoms with Gasteiger partial charge in [0.05, 0.1) is 18.2 Å². The number of hydrogen-bond donors (Lipinski definition) is 1. The molecule has 2 aliphatic heterocycles. The largest absolute Gasteiger partial charge is 0.373 e. The molecule has 0 spiro atoms. The fourth-order valence-corrected chi connectivity index (χ4v) is 2.72.